The lowest BCUT2D eigenvalue weighted by atomic mass is 9.81. The zero-order valence-corrected chi connectivity index (χ0v) is 9.94. The van der Waals surface area contributed by atoms with E-state index >= 15 is 0 Å². The fourth-order valence-electron chi connectivity index (χ4n) is 2.00. The van der Waals surface area contributed by atoms with Crippen LogP contribution in [0.5, 0.6) is 0 Å². The van der Waals surface area contributed by atoms with E-state index in [9.17, 15) is 21.6 Å². The second-order valence-corrected chi connectivity index (χ2v) is 5.99. The molecule has 1 rings (SSSR count). The summed E-state index contributed by atoms with van der Waals surface area (Å²) in [6, 6.07) is 0. The zero-order chi connectivity index (χ0) is 12.6. The molecule has 96 valence electrons. The molecule has 1 fully saturated rings. The lowest BCUT2D eigenvalue weighted by Gasteiger charge is -2.31. The van der Waals surface area contributed by atoms with Crippen molar-refractivity contribution in [2.75, 3.05) is 0 Å². The van der Waals surface area contributed by atoms with E-state index in [1.165, 1.54) is 0 Å². The van der Waals surface area contributed by atoms with Crippen LogP contribution in [-0.4, -0.2) is 20.0 Å². The van der Waals surface area contributed by atoms with E-state index in [0.29, 0.717) is 25.2 Å². The van der Waals surface area contributed by atoms with E-state index in [1.54, 1.807) is 6.92 Å². The maximum atomic E-state index is 12.1. The van der Waals surface area contributed by atoms with Crippen LogP contribution in [-0.2, 0) is 14.3 Å². The van der Waals surface area contributed by atoms with Gasteiger partial charge in [0.1, 0.15) is 0 Å². The van der Waals surface area contributed by atoms with Crippen molar-refractivity contribution in [1.82, 2.24) is 0 Å². The van der Waals surface area contributed by atoms with Gasteiger partial charge in [0.15, 0.2) is 0 Å². The van der Waals surface area contributed by atoms with Crippen molar-refractivity contribution in [3.05, 3.63) is 0 Å². The molecule has 0 heterocycles. The molecule has 3 atom stereocenters. The molecule has 0 aromatic carbocycles. The molecule has 1 aliphatic rings. The lowest BCUT2D eigenvalue weighted by Crippen LogP contribution is -2.35. The van der Waals surface area contributed by atoms with Crippen LogP contribution in [0.4, 0.5) is 13.2 Å². The molecule has 0 aliphatic heterocycles. The van der Waals surface area contributed by atoms with Gasteiger partial charge in [-0.1, -0.05) is 13.8 Å². The molecule has 0 radical (unpaired) electrons. The highest BCUT2D eigenvalue weighted by Gasteiger charge is 2.49. The summed E-state index contributed by atoms with van der Waals surface area (Å²) in [5.74, 6) is 0.240. The second-order valence-electron chi connectivity index (χ2n) is 4.43. The molecule has 0 N–H and O–H groups in total. The highest BCUT2D eigenvalue weighted by Crippen LogP contribution is 2.34. The Morgan fingerprint density at radius 2 is 1.75 bits per heavy atom. The minimum absolute atomic E-state index is 0.166. The van der Waals surface area contributed by atoms with Crippen LogP contribution >= 0.6 is 0 Å². The van der Waals surface area contributed by atoms with Gasteiger partial charge in [-0.3, -0.25) is 4.18 Å². The smallest absolute Gasteiger partial charge is 0.260 e. The number of hydrogen-bond donors (Lipinski definition) is 0. The van der Waals surface area contributed by atoms with E-state index in [4.69, 9.17) is 0 Å². The SMILES string of the molecule is CC1CCC(OS(=O)(=O)C(F)(F)F)C(C)C1. The van der Waals surface area contributed by atoms with Crippen LogP contribution in [0.15, 0.2) is 0 Å². The minimum Gasteiger partial charge on any atom is -0.260 e. The first-order valence-corrected chi connectivity index (χ1v) is 6.54. The Morgan fingerprint density at radius 3 is 2.19 bits per heavy atom. The van der Waals surface area contributed by atoms with Crippen LogP contribution in [0, 0.1) is 11.8 Å². The Hall–Kier alpha value is -0.300. The van der Waals surface area contributed by atoms with Crippen LogP contribution < -0.4 is 0 Å². The van der Waals surface area contributed by atoms with Gasteiger partial charge in [-0.05, 0) is 31.1 Å². The largest absolute Gasteiger partial charge is 0.523 e. The Balaban J connectivity index is 2.68. The molecule has 1 aliphatic carbocycles. The number of hydrogen-bond acceptors (Lipinski definition) is 3. The summed E-state index contributed by atoms with van der Waals surface area (Å²) in [6.07, 6.45) is 0.903. The number of alkyl halides is 3. The highest BCUT2D eigenvalue weighted by molar-refractivity contribution is 7.87. The molecule has 0 spiro atoms. The van der Waals surface area contributed by atoms with Gasteiger partial charge < -0.3 is 0 Å². The summed E-state index contributed by atoms with van der Waals surface area (Å²) < 4.78 is 62.1. The van der Waals surface area contributed by atoms with E-state index in [-0.39, 0.29) is 5.92 Å². The van der Waals surface area contributed by atoms with Gasteiger partial charge in [-0.15, -0.1) is 0 Å². The molecule has 0 bridgehead atoms. The normalized spacial score (nSPS) is 32.7. The van der Waals surface area contributed by atoms with E-state index in [1.807, 2.05) is 6.92 Å². The van der Waals surface area contributed by atoms with Gasteiger partial charge in [0, 0.05) is 0 Å². The van der Waals surface area contributed by atoms with Gasteiger partial charge in [-0.2, -0.15) is 21.6 Å². The summed E-state index contributed by atoms with van der Waals surface area (Å²) in [6.45, 7) is 3.71. The van der Waals surface area contributed by atoms with Crippen LogP contribution in [0.3, 0.4) is 0 Å². The van der Waals surface area contributed by atoms with Gasteiger partial charge in [0.05, 0.1) is 6.10 Å². The van der Waals surface area contributed by atoms with Crippen LogP contribution in [0.2, 0.25) is 0 Å². The van der Waals surface area contributed by atoms with E-state index in [2.05, 4.69) is 4.18 Å². The molecule has 3 nitrogen and oxygen atoms in total. The molecule has 0 aromatic rings. The predicted molar refractivity (Wildman–Crippen MR) is 52.0 cm³/mol. The molecular formula is C9H15F3O3S. The number of halogens is 3. The molecule has 0 amide bonds. The minimum atomic E-state index is -5.45. The monoisotopic (exact) mass is 260 g/mol. The maximum Gasteiger partial charge on any atom is 0.523 e. The summed E-state index contributed by atoms with van der Waals surface area (Å²) in [7, 11) is -5.45. The Labute approximate surface area is 93.1 Å². The van der Waals surface area contributed by atoms with Crippen molar-refractivity contribution < 1.29 is 25.8 Å². The molecule has 3 unspecified atom stereocenters. The quantitative estimate of drug-likeness (QED) is 0.566. The van der Waals surface area contributed by atoms with Crippen molar-refractivity contribution in [3.8, 4) is 0 Å². The molecule has 7 heteroatoms. The Kier molecular flexibility index (Phi) is 3.89. The first-order chi connectivity index (χ1) is 7.13. The standard InChI is InChI=1S/C9H15F3O3S/c1-6-3-4-8(7(2)5-6)15-16(13,14)9(10,11)12/h6-8H,3-5H2,1-2H3. The fraction of sp³-hybridized carbons (Fsp3) is 1.00. The molecule has 16 heavy (non-hydrogen) atoms. The van der Waals surface area contributed by atoms with Gasteiger partial charge >= 0.3 is 15.6 Å². The van der Waals surface area contributed by atoms with Crippen molar-refractivity contribution in [3.63, 3.8) is 0 Å². The first-order valence-electron chi connectivity index (χ1n) is 5.13. The summed E-state index contributed by atoms with van der Waals surface area (Å²) in [5, 5.41) is 0. The fourth-order valence-corrected chi connectivity index (χ4v) is 2.72. The van der Waals surface area contributed by atoms with Crippen LogP contribution in [0.25, 0.3) is 0 Å². The maximum absolute atomic E-state index is 12.1. The summed E-state index contributed by atoms with van der Waals surface area (Å²) in [5.41, 5.74) is -5.32. The molecular weight excluding hydrogens is 245 g/mol. The number of rotatable bonds is 2. The van der Waals surface area contributed by atoms with Gasteiger partial charge in [0.2, 0.25) is 0 Å². The topological polar surface area (TPSA) is 43.4 Å². The predicted octanol–water partition coefficient (Wildman–Crippen LogP) is 2.68. The van der Waals surface area contributed by atoms with Crippen molar-refractivity contribution in [2.24, 2.45) is 11.8 Å². The van der Waals surface area contributed by atoms with E-state index < -0.39 is 21.7 Å². The average molecular weight is 260 g/mol. The van der Waals surface area contributed by atoms with Crippen LogP contribution in [0.1, 0.15) is 33.1 Å². The average Bonchev–Trinajstić information content (AvgIpc) is 2.08. The Bertz CT molecular complexity index is 336. The summed E-state index contributed by atoms with van der Waals surface area (Å²) >= 11 is 0. The first kappa shape index (κ1) is 13.8. The molecule has 0 aromatic heterocycles. The third kappa shape index (κ3) is 3.10. The second kappa shape index (κ2) is 4.52. The third-order valence-corrected chi connectivity index (χ3v) is 3.95. The van der Waals surface area contributed by atoms with Gasteiger partial charge in [-0.25, -0.2) is 0 Å². The van der Waals surface area contributed by atoms with Crippen molar-refractivity contribution in [2.45, 2.75) is 44.7 Å². The molecule has 0 saturated heterocycles. The van der Waals surface area contributed by atoms with E-state index in [0.717, 1.165) is 0 Å². The Morgan fingerprint density at radius 1 is 1.19 bits per heavy atom. The third-order valence-electron chi connectivity index (χ3n) is 2.89. The van der Waals surface area contributed by atoms with Crippen molar-refractivity contribution >= 4 is 10.1 Å². The molecule has 1 saturated carbocycles. The van der Waals surface area contributed by atoms with Gasteiger partial charge in [0.25, 0.3) is 0 Å². The zero-order valence-electron chi connectivity index (χ0n) is 9.12. The lowest BCUT2D eigenvalue weighted by molar-refractivity contribution is -0.0614. The highest BCUT2D eigenvalue weighted by atomic mass is 32.2. The summed E-state index contributed by atoms with van der Waals surface area (Å²) in [4.78, 5) is 0. The van der Waals surface area contributed by atoms with Crippen molar-refractivity contribution in [1.29, 1.82) is 0 Å².